The van der Waals surface area contributed by atoms with Gasteiger partial charge in [-0.3, -0.25) is 0 Å². The van der Waals surface area contributed by atoms with Crippen molar-refractivity contribution in [1.29, 1.82) is 0 Å². The lowest BCUT2D eigenvalue weighted by molar-refractivity contribution is 0.0694. The van der Waals surface area contributed by atoms with Crippen molar-refractivity contribution in [2.45, 2.75) is 40.3 Å². The van der Waals surface area contributed by atoms with Gasteiger partial charge in [0.15, 0.2) is 0 Å². The largest absolute Gasteiger partial charge is 0.497 e. The molecule has 0 atom stereocenters. The fourth-order valence-electron chi connectivity index (χ4n) is 4.06. The maximum absolute atomic E-state index is 12.0. The second-order valence-electron chi connectivity index (χ2n) is 8.01. The number of aryl methyl sites for hydroxylation is 1. The lowest BCUT2D eigenvalue weighted by Gasteiger charge is -2.12. The van der Waals surface area contributed by atoms with Crippen LogP contribution in [0.3, 0.4) is 0 Å². The van der Waals surface area contributed by atoms with Gasteiger partial charge in [0.1, 0.15) is 11.5 Å². The SMILES string of the molecule is COc1ccc(CCNCc2c(C(=O)O)c(C)n(Cc3ccc(C)cc3)c2C)c(OC)c1. The van der Waals surface area contributed by atoms with Crippen molar-refractivity contribution in [3.8, 4) is 11.5 Å². The van der Waals surface area contributed by atoms with Crippen LogP contribution in [0.2, 0.25) is 0 Å². The zero-order chi connectivity index (χ0) is 23.3. The molecule has 32 heavy (non-hydrogen) atoms. The van der Waals surface area contributed by atoms with Gasteiger partial charge < -0.3 is 24.5 Å². The van der Waals surface area contributed by atoms with Crippen LogP contribution < -0.4 is 14.8 Å². The van der Waals surface area contributed by atoms with Crippen LogP contribution in [0.4, 0.5) is 0 Å². The van der Waals surface area contributed by atoms with Gasteiger partial charge in [-0.15, -0.1) is 0 Å². The number of rotatable bonds is 10. The van der Waals surface area contributed by atoms with Crippen molar-refractivity contribution in [2.24, 2.45) is 0 Å². The standard InChI is InChI=1S/C26H32N2O4/c1-17-6-8-20(9-7-17)16-28-18(2)23(25(19(28)3)26(29)30)15-27-13-12-21-10-11-22(31-4)14-24(21)32-5/h6-11,14,27H,12-13,15-16H2,1-5H3,(H,29,30). The maximum atomic E-state index is 12.0. The molecule has 0 aliphatic carbocycles. The smallest absolute Gasteiger partial charge is 0.337 e. The van der Waals surface area contributed by atoms with Gasteiger partial charge in [0.2, 0.25) is 0 Å². The summed E-state index contributed by atoms with van der Waals surface area (Å²) in [6, 6.07) is 14.1. The van der Waals surface area contributed by atoms with E-state index in [2.05, 4.69) is 41.1 Å². The summed E-state index contributed by atoms with van der Waals surface area (Å²) in [7, 11) is 3.28. The molecule has 2 aromatic carbocycles. The molecule has 0 saturated carbocycles. The van der Waals surface area contributed by atoms with E-state index in [-0.39, 0.29) is 0 Å². The van der Waals surface area contributed by atoms with E-state index in [0.717, 1.165) is 46.0 Å². The zero-order valence-corrected chi connectivity index (χ0v) is 19.5. The first-order valence-corrected chi connectivity index (χ1v) is 10.7. The molecule has 0 radical (unpaired) electrons. The molecule has 0 fully saturated rings. The molecule has 3 aromatic rings. The van der Waals surface area contributed by atoms with Crippen LogP contribution in [0.5, 0.6) is 11.5 Å². The molecule has 1 heterocycles. The molecule has 3 rings (SSSR count). The van der Waals surface area contributed by atoms with Crippen molar-refractivity contribution in [1.82, 2.24) is 9.88 Å². The van der Waals surface area contributed by atoms with Crippen molar-refractivity contribution in [3.63, 3.8) is 0 Å². The van der Waals surface area contributed by atoms with E-state index >= 15 is 0 Å². The van der Waals surface area contributed by atoms with E-state index in [9.17, 15) is 9.90 Å². The second-order valence-corrected chi connectivity index (χ2v) is 8.01. The van der Waals surface area contributed by atoms with Gasteiger partial charge in [0.05, 0.1) is 19.8 Å². The van der Waals surface area contributed by atoms with E-state index in [1.54, 1.807) is 14.2 Å². The lowest BCUT2D eigenvalue weighted by atomic mass is 10.1. The average Bonchev–Trinajstić information content (AvgIpc) is 3.02. The lowest BCUT2D eigenvalue weighted by Crippen LogP contribution is -2.19. The Labute approximate surface area is 189 Å². The molecule has 2 N–H and O–H groups in total. The minimum Gasteiger partial charge on any atom is -0.497 e. The quantitative estimate of drug-likeness (QED) is 0.458. The first-order valence-electron chi connectivity index (χ1n) is 10.7. The molecule has 1 aromatic heterocycles. The Bertz CT molecular complexity index is 1080. The summed E-state index contributed by atoms with van der Waals surface area (Å²) < 4.78 is 12.8. The summed E-state index contributed by atoms with van der Waals surface area (Å²) in [5.74, 6) is 0.654. The summed E-state index contributed by atoms with van der Waals surface area (Å²) >= 11 is 0. The van der Waals surface area contributed by atoms with Crippen LogP contribution in [0.15, 0.2) is 42.5 Å². The summed E-state index contributed by atoms with van der Waals surface area (Å²) in [4.78, 5) is 12.0. The van der Waals surface area contributed by atoms with E-state index in [0.29, 0.717) is 25.2 Å². The molecule has 6 nitrogen and oxygen atoms in total. The predicted molar refractivity (Wildman–Crippen MR) is 126 cm³/mol. The van der Waals surface area contributed by atoms with Crippen LogP contribution >= 0.6 is 0 Å². The Morgan fingerprint density at radius 3 is 2.34 bits per heavy atom. The Morgan fingerprint density at radius 2 is 1.72 bits per heavy atom. The highest BCUT2D eigenvalue weighted by Gasteiger charge is 2.22. The van der Waals surface area contributed by atoms with Gasteiger partial charge >= 0.3 is 5.97 Å². The molecule has 6 heteroatoms. The van der Waals surface area contributed by atoms with Crippen LogP contribution in [-0.2, 0) is 19.5 Å². The fourth-order valence-corrected chi connectivity index (χ4v) is 4.06. The highest BCUT2D eigenvalue weighted by atomic mass is 16.5. The Balaban J connectivity index is 1.73. The van der Waals surface area contributed by atoms with Crippen molar-refractivity contribution in [3.05, 3.63) is 81.7 Å². The number of carboxylic acids is 1. The molecule has 0 saturated heterocycles. The minimum atomic E-state index is -0.887. The van der Waals surface area contributed by atoms with Crippen LogP contribution in [-0.4, -0.2) is 36.4 Å². The summed E-state index contributed by atoms with van der Waals surface area (Å²) in [6.07, 6.45) is 0.762. The van der Waals surface area contributed by atoms with Gasteiger partial charge in [-0.05, 0) is 50.9 Å². The summed E-state index contributed by atoms with van der Waals surface area (Å²) in [5.41, 5.74) is 6.43. The topological polar surface area (TPSA) is 72.7 Å². The van der Waals surface area contributed by atoms with Crippen molar-refractivity contribution in [2.75, 3.05) is 20.8 Å². The van der Waals surface area contributed by atoms with Crippen LogP contribution in [0.1, 0.15) is 44.0 Å². The number of carboxylic acid groups (broad SMARTS) is 1. The number of hydrogen-bond donors (Lipinski definition) is 2. The highest BCUT2D eigenvalue weighted by Crippen LogP contribution is 2.26. The molecule has 170 valence electrons. The second kappa shape index (κ2) is 10.4. The number of aromatic nitrogens is 1. The molecule has 0 amide bonds. The van der Waals surface area contributed by atoms with E-state index < -0.39 is 5.97 Å². The average molecular weight is 437 g/mol. The minimum absolute atomic E-state index is 0.393. The number of nitrogens with one attached hydrogen (secondary N) is 1. The zero-order valence-electron chi connectivity index (χ0n) is 19.5. The van der Waals surface area contributed by atoms with Crippen LogP contribution in [0, 0.1) is 20.8 Å². The molecule has 0 spiro atoms. The maximum Gasteiger partial charge on any atom is 0.337 e. The Hall–Kier alpha value is -3.25. The monoisotopic (exact) mass is 436 g/mol. The number of aromatic carboxylic acids is 1. The molecule has 0 unspecified atom stereocenters. The molecule has 0 aliphatic heterocycles. The van der Waals surface area contributed by atoms with Gasteiger partial charge in [0.25, 0.3) is 0 Å². The Morgan fingerprint density at radius 1 is 1.00 bits per heavy atom. The first-order chi connectivity index (χ1) is 15.3. The van der Waals surface area contributed by atoms with Gasteiger partial charge in [-0.25, -0.2) is 4.79 Å². The van der Waals surface area contributed by atoms with Gasteiger partial charge in [0, 0.05) is 36.1 Å². The highest BCUT2D eigenvalue weighted by molar-refractivity contribution is 5.91. The Kier molecular flexibility index (Phi) is 7.59. The first kappa shape index (κ1) is 23.4. The molecule has 0 aliphatic rings. The summed E-state index contributed by atoms with van der Waals surface area (Å²) in [6.45, 7) is 7.79. The number of nitrogens with zero attached hydrogens (tertiary/aromatic N) is 1. The van der Waals surface area contributed by atoms with Crippen molar-refractivity contribution < 1.29 is 19.4 Å². The molecular formula is C26H32N2O4. The number of carbonyl (C=O) groups is 1. The van der Waals surface area contributed by atoms with E-state index in [1.807, 2.05) is 32.0 Å². The molecule has 0 bridgehead atoms. The third kappa shape index (κ3) is 5.14. The normalized spacial score (nSPS) is 10.9. The van der Waals surface area contributed by atoms with E-state index in [4.69, 9.17) is 9.47 Å². The summed E-state index contributed by atoms with van der Waals surface area (Å²) in [5, 5.41) is 13.3. The third-order valence-corrected chi connectivity index (χ3v) is 5.95. The number of hydrogen-bond acceptors (Lipinski definition) is 4. The fraction of sp³-hybridized carbons (Fsp3) is 0.346. The number of methoxy groups -OCH3 is 2. The van der Waals surface area contributed by atoms with Crippen molar-refractivity contribution >= 4 is 5.97 Å². The predicted octanol–water partition coefficient (Wildman–Crippen LogP) is 4.51. The van der Waals surface area contributed by atoms with Crippen LogP contribution in [0.25, 0.3) is 0 Å². The van der Waals surface area contributed by atoms with E-state index in [1.165, 1.54) is 5.56 Å². The van der Waals surface area contributed by atoms with Gasteiger partial charge in [-0.2, -0.15) is 0 Å². The number of ether oxygens (including phenoxy) is 2. The molecular weight excluding hydrogens is 404 g/mol. The number of benzene rings is 2. The van der Waals surface area contributed by atoms with Gasteiger partial charge in [-0.1, -0.05) is 35.9 Å². The third-order valence-electron chi connectivity index (χ3n) is 5.95.